The van der Waals surface area contributed by atoms with Crippen LogP contribution in [0.1, 0.15) is 20.8 Å². The van der Waals surface area contributed by atoms with Gasteiger partial charge in [-0.3, -0.25) is 0 Å². The largest absolute Gasteiger partial charge is 0.442 e. The van der Waals surface area contributed by atoms with E-state index in [9.17, 15) is 9.18 Å². The summed E-state index contributed by atoms with van der Waals surface area (Å²) in [7, 11) is 0. The van der Waals surface area contributed by atoms with Crippen molar-refractivity contribution in [2.45, 2.75) is 26.4 Å². The van der Waals surface area contributed by atoms with Crippen LogP contribution in [0.25, 0.3) is 10.9 Å². The van der Waals surface area contributed by atoms with Crippen LogP contribution in [0.2, 0.25) is 0 Å². The standard InChI is InChI=1S/C12H12BrFN2O2/c1-12(2,3)18-11(17)16-10-5-7(13)4-9(14)8(10)6-15-16/h4-6H,1-3H3. The first-order valence-electron chi connectivity index (χ1n) is 5.34. The van der Waals surface area contributed by atoms with Gasteiger partial charge in [0.15, 0.2) is 0 Å². The zero-order valence-corrected chi connectivity index (χ0v) is 11.8. The van der Waals surface area contributed by atoms with Gasteiger partial charge in [0, 0.05) is 4.47 Å². The number of rotatable bonds is 0. The van der Waals surface area contributed by atoms with Crippen LogP contribution in [0.4, 0.5) is 9.18 Å². The normalized spacial score (nSPS) is 11.8. The third kappa shape index (κ3) is 2.53. The molecule has 0 bridgehead atoms. The van der Waals surface area contributed by atoms with E-state index < -0.39 is 17.5 Å². The van der Waals surface area contributed by atoms with Gasteiger partial charge in [-0.15, -0.1) is 0 Å². The molecule has 4 nitrogen and oxygen atoms in total. The molecule has 0 N–H and O–H groups in total. The zero-order valence-electron chi connectivity index (χ0n) is 10.2. The van der Waals surface area contributed by atoms with Gasteiger partial charge in [-0.25, -0.2) is 9.18 Å². The second kappa shape index (κ2) is 4.35. The fourth-order valence-corrected chi connectivity index (χ4v) is 1.92. The van der Waals surface area contributed by atoms with E-state index in [4.69, 9.17) is 4.74 Å². The lowest BCUT2D eigenvalue weighted by molar-refractivity contribution is 0.0523. The number of ether oxygens (including phenoxy) is 1. The first kappa shape index (κ1) is 13.0. The Labute approximate surface area is 112 Å². The first-order chi connectivity index (χ1) is 8.28. The topological polar surface area (TPSA) is 44.1 Å². The van der Waals surface area contributed by atoms with E-state index in [-0.39, 0.29) is 5.39 Å². The molecule has 0 spiro atoms. The van der Waals surface area contributed by atoms with E-state index in [0.29, 0.717) is 9.99 Å². The Kier molecular flexibility index (Phi) is 3.14. The maximum Gasteiger partial charge on any atom is 0.435 e. The number of nitrogens with zero attached hydrogens (tertiary/aromatic N) is 2. The van der Waals surface area contributed by atoms with Crippen LogP contribution >= 0.6 is 15.9 Å². The van der Waals surface area contributed by atoms with Crippen molar-refractivity contribution in [2.24, 2.45) is 0 Å². The monoisotopic (exact) mass is 314 g/mol. The van der Waals surface area contributed by atoms with E-state index in [1.165, 1.54) is 12.3 Å². The van der Waals surface area contributed by atoms with Crippen molar-refractivity contribution in [3.8, 4) is 0 Å². The summed E-state index contributed by atoms with van der Waals surface area (Å²) in [4.78, 5) is 11.9. The van der Waals surface area contributed by atoms with Gasteiger partial charge in [-0.2, -0.15) is 9.78 Å². The van der Waals surface area contributed by atoms with Crippen LogP contribution in [-0.4, -0.2) is 21.5 Å². The molecule has 0 amide bonds. The van der Waals surface area contributed by atoms with Crippen molar-refractivity contribution in [2.75, 3.05) is 0 Å². The Morgan fingerprint density at radius 3 is 2.72 bits per heavy atom. The summed E-state index contributed by atoms with van der Waals surface area (Å²) < 4.78 is 20.4. The van der Waals surface area contributed by atoms with E-state index in [1.807, 2.05) is 0 Å². The highest BCUT2D eigenvalue weighted by atomic mass is 79.9. The molecular weight excluding hydrogens is 303 g/mol. The molecule has 1 aromatic carbocycles. The van der Waals surface area contributed by atoms with Crippen LogP contribution < -0.4 is 0 Å². The van der Waals surface area contributed by atoms with Crippen molar-refractivity contribution >= 4 is 32.9 Å². The number of hydrogen-bond acceptors (Lipinski definition) is 3. The minimum Gasteiger partial charge on any atom is -0.442 e. The SMILES string of the molecule is CC(C)(C)OC(=O)n1ncc2c(F)cc(Br)cc21. The molecule has 0 saturated heterocycles. The molecule has 0 unspecified atom stereocenters. The van der Waals surface area contributed by atoms with Gasteiger partial charge < -0.3 is 4.74 Å². The van der Waals surface area contributed by atoms with Gasteiger partial charge in [0.05, 0.1) is 17.1 Å². The Bertz CT molecular complexity index is 616. The van der Waals surface area contributed by atoms with E-state index >= 15 is 0 Å². The molecule has 0 saturated carbocycles. The fourth-order valence-electron chi connectivity index (χ4n) is 1.50. The second-order valence-corrected chi connectivity index (χ2v) is 5.77. The maximum atomic E-state index is 13.6. The van der Waals surface area contributed by atoms with Gasteiger partial charge in [0.25, 0.3) is 0 Å². The first-order valence-corrected chi connectivity index (χ1v) is 6.13. The number of halogens is 2. The number of benzene rings is 1. The van der Waals surface area contributed by atoms with Crippen molar-refractivity contribution in [1.29, 1.82) is 0 Å². The lowest BCUT2D eigenvalue weighted by atomic mass is 10.2. The number of carbonyl (C=O) groups excluding carboxylic acids is 1. The molecule has 0 aliphatic carbocycles. The Morgan fingerprint density at radius 2 is 2.11 bits per heavy atom. The number of fused-ring (bicyclic) bond motifs is 1. The molecule has 0 fully saturated rings. The molecule has 96 valence electrons. The lowest BCUT2D eigenvalue weighted by Gasteiger charge is -2.19. The van der Waals surface area contributed by atoms with Crippen LogP contribution in [0.15, 0.2) is 22.8 Å². The average Bonchev–Trinajstić information content (AvgIpc) is 2.58. The number of carbonyl (C=O) groups is 1. The molecule has 18 heavy (non-hydrogen) atoms. The molecule has 1 aromatic heterocycles. The average molecular weight is 315 g/mol. The smallest absolute Gasteiger partial charge is 0.435 e. The highest BCUT2D eigenvalue weighted by Crippen LogP contribution is 2.23. The van der Waals surface area contributed by atoms with Gasteiger partial charge in [0.2, 0.25) is 0 Å². The van der Waals surface area contributed by atoms with Crippen molar-refractivity contribution in [1.82, 2.24) is 9.78 Å². The minimum atomic E-state index is -0.630. The number of aromatic nitrogens is 2. The highest BCUT2D eigenvalue weighted by molar-refractivity contribution is 9.10. The molecule has 0 atom stereocenters. The fraction of sp³-hybridized carbons (Fsp3) is 0.333. The molecule has 0 aliphatic rings. The zero-order chi connectivity index (χ0) is 13.5. The highest BCUT2D eigenvalue weighted by Gasteiger charge is 2.21. The third-order valence-electron chi connectivity index (χ3n) is 2.17. The van der Waals surface area contributed by atoms with Gasteiger partial charge in [0.1, 0.15) is 11.4 Å². The molecule has 1 heterocycles. The summed E-state index contributed by atoms with van der Waals surface area (Å²) in [5.74, 6) is -0.436. The Balaban J connectivity index is 2.49. The second-order valence-electron chi connectivity index (χ2n) is 4.86. The molecule has 6 heteroatoms. The van der Waals surface area contributed by atoms with Crippen LogP contribution in [0, 0.1) is 5.82 Å². The lowest BCUT2D eigenvalue weighted by Crippen LogP contribution is -2.27. The third-order valence-corrected chi connectivity index (χ3v) is 2.63. The Morgan fingerprint density at radius 1 is 1.44 bits per heavy atom. The van der Waals surface area contributed by atoms with Crippen molar-refractivity contribution in [3.63, 3.8) is 0 Å². The van der Waals surface area contributed by atoms with Crippen molar-refractivity contribution < 1.29 is 13.9 Å². The summed E-state index contributed by atoms with van der Waals surface area (Å²) in [6, 6.07) is 2.94. The molecule has 2 aromatic rings. The summed E-state index contributed by atoms with van der Waals surface area (Å²) in [6.07, 6.45) is 0.677. The Hall–Kier alpha value is -1.43. The van der Waals surface area contributed by atoms with E-state index in [2.05, 4.69) is 21.0 Å². The molecule has 2 rings (SSSR count). The number of hydrogen-bond donors (Lipinski definition) is 0. The molecular formula is C12H12BrFN2O2. The predicted molar refractivity (Wildman–Crippen MR) is 69.0 cm³/mol. The summed E-state index contributed by atoms with van der Waals surface area (Å²) >= 11 is 3.18. The van der Waals surface area contributed by atoms with Gasteiger partial charge in [-0.1, -0.05) is 15.9 Å². The van der Waals surface area contributed by atoms with Crippen molar-refractivity contribution in [3.05, 3.63) is 28.6 Å². The molecule has 0 aliphatic heterocycles. The minimum absolute atomic E-state index is 0.282. The van der Waals surface area contributed by atoms with E-state index in [1.54, 1.807) is 26.8 Å². The summed E-state index contributed by atoms with van der Waals surface area (Å²) in [5.41, 5.74) is -0.254. The summed E-state index contributed by atoms with van der Waals surface area (Å²) in [5, 5.41) is 4.14. The molecule has 0 radical (unpaired) electrons. The van der Waals surface area contributed by atoms with Crippen LogP contribution in [0.5, 0.6) is 0 Å². The van der Waals surface area contributed by atoms with Crippen LogP contribution in [-0.2, 0) is 4.74 Å². The maximum absolute atomic E-state index is 13.6. The van der Waals surface area contributed by atoms with Gasteiger partial charge >= 0.3 is 6.09 Å². The quantitative estimate of drug-likeness (QED) is 0.744. The predicted octanol–water partition coefficient (Wildman–Crippen LogP) is 3.72. The van der Waals surface area contributed by atoms with Crippen LogP contribution in [0.3, 0.4) is 0 Å². The van der Waals surface area contributed by atoms with Gasteiger partial charge in [-0.05, 0) is 32.9 Å². The summed E-state index contributed by atoms with van der Waals surface area (Å²) in [6.45, 7) is 5.27. The van der Waals surface area contributed by atoms with E-state index in [0.717, 1.165) is 4.68 Å².